The van der Waals surface area contributed by atoms with Gasteiger partial charge in [0.05, 0.1) is 23.4 Å². The topological polar surface area (TPSA) is 127 Å². The Morgan fingerprint density at radius 3 is 2.43 bits per heavy atom. The molecule has 0 atom stereocenters. The van der Waals surface area contributed by atoms with E-state index in [1.807, 2.05) is 0 Å². The zero-order valence-corrected chi connectivity index (χ0v) is 23.7. The molecule has 0 aliphatic carbocycles. The largest absolute Gasteiger partial charge is 0.416 e. The van der Waals surface area contributed by atoms with Gasteiger partial charge in [-0.2, -0.15) is 13.2 Å². The number of anilines is 2. The van der Waals surface area contributed by atoms with E-state index < -0.39 is 35.0 Å². The van der Waals surface area contributed by atoms with Crippen molar-refractivity contribution in [3.05, 3.63) is 94.2 Å². The molecule has 3 N–H and O–H groups in total. The molecule has 0 saturated carbocycles. The van der Waals surface area contributed by atoms with Gasteiger partial charge in [-0.3, -0.25) is 23.6 Å². The van der Waals surface area contributed by atoms with E-state index in [2.05, 4.69) is 33.4 Å². The summed E-state index contributed by atoms with van der Waals surface area (Å²) < 4.78 is 41.4. The highest BCUT2D eigenvalue weighted by molar-refractivity contribution is 6.04. The van der Waals surface area contributed by atoms with Crippen molar-refractivity contribution in [2.45, 2.75) is 33.0 Å². The van der Waals surface area contributed by atoms with Crippen molar-refractivity contribution in [1.29, 1.82) is 0 Å². The van der Waals surface area contributed by atoms with E-state index in [-0.39, 0.29) is 41.4 Å². The average Bonchev–Trinajstić information content (AvgIpc) is 3.30. The summed E-state index contributed by atoms with van der Waals surface area (Å²) in [6.07, 6.45) is 3.56. The van der Waals surface area contributed by atoms with Crippen LogP contribution in [0.3, 0.4) is 0 Å². The van der Waals surface area contributed by atoms with Crippen LogP contribution < -0.4 is 21.5 Å². The van der Waals surface area contributed by atoms with Crippen LogP contribution in [0.15, 0.2) is 66.1 Å². The molecule has 2 aromatic carbocycles. The lowest BCUT2D eigenvalue weighted by Gasteiger charge is -2.15. The molecule has 0 bridgehead atoms. The summed E-state index contributed by atoms with van der Waals surface area (Å²) in [6, 6.07) is 8.46. The summed E-state index contributed by atoms with van der Waals surface area (Å²) in [5.74, 6) is 0.877. The first-order valence-electron chi connectivity index (χ1n) is 13.3. The van der Waals surface area contributed by atoms with Crippen LogP contribution >= 0.6 is 0 Å². The van der Waals surface area contributed by atoms with Gasteiger partial charge in [0.2, 0.25) is 17.6 Å². The normalized spacial score (nSPS) is 11.1. The van der Waals surface area contributed by atoms with Crippen molar-refractivity contribution in [3.8, 4) is 23.5 Å². The number of fused-ring (bicyclic) bond motifs is 1. The van der Waals surface area contributed by atoms with Crippen molar-refractivity contribution in [3.63, 3.8) is 0 Å². The number of nitrogens with zero attached hydrogens (tertiary/aromatic N) is 3. The molecule has 0 aliphatic heterocycles. The van der Waals surface area contributed by atoms with Crippen molar-refractivity contribution in [2.75, 3.05) is 17.2 Å². The molecular weight excluding hydrogens is 577 g/mol. The van der Waals surface area contributed by atoms with Crippen LogP contribution in [-0.2, 0) is 28.7 Å². The van der Waals surface area contributed by atoms with E-state index in [0.717, 1.165) is 30.3 Å². The number of hydrogen-bond acceptors (Lipinski definition) is 5. The minimum absolute atomic E-state index is 0.00441. The third kappa shape index (κ3) is 6.54. The molecule has 0 spiro atoms. The Morgan fingerprint density at radius 2 is 1.82 bits per heavy atom. The number of nitrogens with one attached hydrogen (secondary N) is 3. The first-order chi connectivity index (χ1) is 20.9. The van der Waals surface area contributed by atoms with E-state index in [4.69, 9.17) is 6.42 Å². The molecule has 10 nitrogen and oxygen atoms in total. The lowest BCUT2D eigenvalue weighted by atomic mass is 9.99. The Balaban J connectivity index is 1.74. The SMILES string of the molecule is C#CCNC(=O)c1ccc(-c2c(CC)nc3n(CC(=O)Nc4ccc(C(F)(F)F)cc4)c(C)cn3c2=O)c(NC(=O)C=C)c1. The van der Waals surface area contributed by atoms with E-state index >= 15 is 0 Å². The lowest BCUT2D eigenvalue weighted by Crippen LogP contribution is -2.24. The molecular formula is C31H27F3N6O4. The van der Waals surface area contributed by atoms with Crippen LogP contribution in [0.1, 0.15) is 34.2 Å². The number of aromatic nitrogens is 3. The summed E-state index contributed by atoms with van der Waals surface area (Å²) in [7, 11) is 0. The highest BCUT2D eigenvalue weighted by atomic mass is 19.4. The van der Waals surface area contributed by atoms with Gasteiger partial charge in [-0.25, -0.2) is 4.98 Å². The van der Waals surface area contributed by atoms with Crippen molar-refractivity contribution in [1.82, 2.24) is 19.3 Å². The number of aryl methyl sites for hydroxylation is 2. The first kappa shape index (κ1) is 31.3. The Labute approximate surface area is 249 Å². The Morgan fingerprint density at radius 1 is 1.11 bits per heavy atom. The number of terminal acetylenes is 1. The van der Waals surface area contributed by atoms with Gasteiger partial charge >= 0.3 is 6.18 Å². The standard InChI is InChI=1S/C31H27F3N6O4/c1-5-14-35-28(43)19-8-13-22(24(15-19)37-25(41)7-3)27-23(6-2)38-30-39(18(4)16-40(30)29(27)44)17-26(42)36-21-11-9-20(10-12-21)31(32,33)34/h1,7-13,15-16H,3,6,14,17H2,2,4H3,(H,35,43)(H,36,42)(H,37,41). The third-order valence-electron chi connectivity index (χ3n) is 6.63. The van der Waals surface area contributed by atoms with Crippen LogP contribution in [0, 0.1) is 19.3 Å². The second-order valence-corrected chi connectivity index (χ2v) is 9.58. The lowest BCUT2D eigenvalue weighted by molar-refractivity contribution is -0.137. The maximum absolute atomic E-state index is 13.9. The molecule has 2 heterocycles. The maximum Gasteiger partial charge on any atom is 0.416 e. The van der Waals surface area contributed by atoms with E-state index in [9.17, 15) is 32.3 Å². The number of alkyl halides is 3. The summed E-state index contributed by atoms with van der Waals surface area (Å²) >= 11 is 0. The number of halogens is 3. The van der Waals surface area contributed by atoms with Crippen LogP contribution in [0.25, 0.3) is 16.9 Å². The summed E-state index contributed by atoms with van der Waals surface area (Å²) in [6.45, 7) is 6.62. The molecule has 0 fully saturated rings. The van der Waals surface area contributed by atoms with Gasteiger partial charge in [0.1, 0.15) is 6.54 Å². The maximum atomic E-state index is 13.9. The fraction of sp³-hybridized carbons (Fsp3) is 0.194. The molecule has 44 heavy (non-hydrogen) atoms. The molecule has 4 aromatic rings. The predicted molar refractivity (Wildman–Crippen MR) is 159 cm³/mol. The van der Waals surface area contributed by atoms with Crippen LogP contribution in [0.5, 0.6) is 0 Å². The zero-order valence-electron chi connectivity index (χ0n) is 23.7. The zero-order chi connectivity index (χ0) is 32.2. The van der Waals surface area contributed by atoms with Gasteiger partial charge in [-0.05, 0) is 55.8 Å². The summed E-state index contributed by atoms with van der Waals surface area (Å²) in [4.78, 5) is 56.2. The second kappa shape index (κ2) is 12.7. The van der Waals surface area contributed by atoms with Gasteiger partial charge in [0.15, 0.2) is 0 Å². The average molecular weight is 605 g/mol. The van der Waals surface area contributed by atoms with E-state index in [1.54, 1.807) is 13.8 Å². The van der Waals surface area contributed by atoms with Crippen LogP contribution in [0.2, 0.25) is 0 Å². The number of carbonyl (C=O) groups excluding carboxylic acids is 3. The second-order valence-electron chi connectivity index (χ2n) is 9.58. The molecule has 0 aliphatic rings. The number of benzene rings is 2. The molecule has 4 rings (SSSR count). The van der Waals surface area contributed by atoms with Crippen LogP contribution in [-0.4, -0.2) is 38.2 Å². The van der Waals surface area contributed by atoms with Crippen molar-refractivity contribution in [2.24, 2.45) is 0 Å². The fourth-order valence-corrected chi connectivity index (χ4v) is 4.52. The smallest absolute Gasteiger partial charge is 0.341 e. The minimum atomic E-state index is -4.50. The van der Waals surface area contributed by atoms with E-state index in [0.29, 0.717) is 23.4 Å². The number of rotatable bonds is 9. The highest BCUT2D eigenvalue weighted by Gasteiger charge is 2.30. The first-order valence-corrected chi connectivity index (χ1v) is 13.3. The molecule has 2 aromatic heterocycles. The van der Waals surface area contributed by atoms with Gasteiger partial charge < -0.3 is 20.5 Å². The molecule has 0 radical (unpaired) electrons. The molecule has 0 unspecified atom stereocenters. The van der Waals surface area contributed by atoms with Gasteiger partial charge in [0, 0.05) is 34.4 Å². The fourth-order valence-electron chi connectivity index (χ4n) is 4.52. The number of amides is 3. The monoisotopic (exact) mass is 604 g/mol. The van der Waals surface area contributed by atoms with Gasteiger partial charge in [-0.1, -0.05) is 25.5 Å². The molecule has 3 amide bonds. The number of imidazole rings is 1. The third-order valence-corrected chi connectivity index (χ3v) is 6.63. The van der Waals surface area contributed by atoms with Gasteiger partial charge in [0.25, 0.3) is 11.5 Å². The number of hydrogen-bond donors (Lipinski definition) is 3. The Kier molecular flexibility index (Phi) is 9.03. The highest BCUT2D eigenvalue weighted by Crippen LogP contribution is 2.31. The van der Waals surface area contributed by atoms with Crippen molar-refractivity contribution >= 4 is 34.9 Å². The van der Waals surface area contributed by atoms with Crippen LogP contribution in [0.4, 0.5) is 24.5 Å². The minimum Gasteiger partial charge on any atom is -0.341 e. The van der Waals surface area contributed by atoms with Gasteiger partial charge in [-0.15, -0.1) is 6.42 Å². The quantitative estimate of drug-likeness (QED) is 0.195. The summed E-state index contributed by atoms with van der Waals surface area (Å²) in [5.41, 5.74) is 0.547. The van der Waals surface area contributed by atoms with E-state index in [1.165, 1.54) is 33.4 Å². The number of carbonyl (C=O) groups is 3. The Hall–Kier alpha value is -5.64. The predicted octanol–water partition coefficient (Wildman–Crippen LogP) is 4.18. The molecule has 0 saturated heterocycles. The van der Waals surface area contributed by atoms with Crippen molar-refractivity contribution < 1.29 is 27.6 Å². The Bertz CT molecular complexity index is 1880. The summed E-state index contributed by atoms with van der Waals surface area (Å²) in [5, 5.41) is 7.74. The molecule has 226 valence electrons. The molecule has 13 heteroatoms.